The fourth-order valence-electron chi connectivity index (χ4n) is 2.52. The fraction of sp³-hybridized carbons (Fsp3) is 0.533. The molecule has 1 aliphatic rings. The normalized spacial score (nSPS) is 17.5. The molecule has 2 rings (SSSR count). The summed E-state index contributed by atoms with van der Waals surface area (Å²) in [7, 11) is 0. The molecule has 0 spiro atoms. The van der Waals surface area contributed by atoms with Crippen LogP contribution in [0, 0.1) is 3.57 Å². The van der Waals surface area contributed by atoms with E-state index in [0.29, 0.717) is 5.56 Å². The van der Waals surface area contributed by atoms with E-state index in [-0.39, 0.29) is 17.7 Å². The van der Waals surface area contributed by atoms with E-state index in [4.69, 9.17) is 0 Å². The smallest absolute Gasteiger partial charge is 0.251 e. The first-order valence-corrected chi connectivity index (χ1v) is 8.04. The zero-order chi connectivity index (χ0) is 13.7. The molecule has 0 heterocycles. The predicted molar refractivity (Wildman–Crippen MR) is 84.4 cm³/mol. The topological polar surface area (TPSA) is 49.3 Å². The number of rotatable bonds is 2. The molecule has 0 radical (unpaired) electrons. The van der Waals surface area contributed by atoms with Crippen molar-refractivity contribution in [3.63, 3.8) is 0 Å². The van der Waals surface area contributed by atoms with Gasteiger partial charge in [0.25, 0.3) is 5.91 Å². The predicted octanol–water partition coefficient (Wildman–Crippen LogP) is 3.84. The van der Waals surface area contributed by atoms with Crippen molar-refractivity contribution in [1.82, 2.24) is 5.32 Å². The SMILES string of the molecule is O=C(NC1CCCCCCC1)c1ccc(I)c(O)c1. The third kappa shape index (κ3) is 4.37. The second-order valence-electron chi connectivity index (χ2n) is 5.18. The number of phenolic OH excluding ortho intramolecular Hbond substituents is 1. The van der Waals surface area contributed by atoms with Crippen LogP contribution in [0.5, 0.6) is 5.75 Å². The van der Waals surface area contributed by atoms with E-state index in [1.807, 2.05) is 22.6 Å². The summed E-state index contributed by atoms with van der Waals surface area (Å²) in [5, 5.41) is 12.7. The van der Waals surface area contributed by atoms with Gasteiger partial charge in [-0.25, -0.2) is 0 Å². The molecule has 1 fully saturated rings. The van der Waals surface area contributed by atoms with Crippen molar-refractivity contribution in [2.24, 2.45) is 0 Å². The van der Waals surface area contributed by atoms with E-state index in [1.165, 1.54) is 32.1 Å². The highest BCUT2D eigenvalue weighted by atomic mass is 127. The number of hydrogen-bond acceptors (Lipinski definition) is 2. The summed E-state index contributed by atoms with van der Waals surface area (Å²) < 4.78 is 0.764. The number of hydrogen-bond donors (Lipinski definition) is 2. The number of benzene rings is 1. The molecule has 19 heavy (non-hydrogen) atoms. The van der Waals surface area contributed by atoms with Crippen molar-refractivity contribution < 1.29 is 9.90 Å². The Morgan fingerprint density at radius 1 is 1.16 bits per heavy atom. The molecule has 1 aromatic carbocycles. The third-order valence-electron chi connectivity index (χ3n) is 3.65. The molecule has 1 aromatic rings. The van der Waals surface area contributed by atoms with Crippen molar-refractivity contribution in [2.75, 3.05) is 0 Å². The number of amides is 1. The van der Waals surface area contributed by atoms with Crippen molar-refractivity contribution in [2.45, 2.75) is 51.0 Å². The Morgan fingerprint density at radius 3 is 2.42 bits per heavy atom. The molecular formula is C15H20INO2. The van der Waals surface area contributed by atoms with Crippen LogP contribution in [0.25, 0.3) is 0 Å². The van der Waals surface area contributed by atoms with Gasteiger partial charge in [-0.1, -0.05) is 32.1 Å². The molecule has 1 amide bonds. The maximum atomic E-state index is 12.1. The molecule has 1 saturated carbocycles. The Bertz CT molecular complexity index is 440. The second kappa shape index (κ2) is 7.12. The lowest BCUT2D eigenvalue weighted by atomic mass is 9.96. The van der Waals surface area contributed by atoms with Gasteiger partial charge in [-0.05, 0) is 53.6 Å². The van der Waals surface area contributed by atoms with Crippen LogP contribution in [-0.2, 0) is 0 Å². The summed E-state index contributed by atoms with van der Waals surface area (Å²) in [6.07, 6.45) is 8.41. The second-order valence-corrected chi connectivity index (χ2v) is 6.34. The van der Waals surface area contributed by atoms with Gasteiger partial charge in [0.05, 0.1) is 3.57 Å². The highest BCUT2D eigenvalue weighted by molar-refractivity contribution is 14.1. The lowest BCUT2D eigenvalue weighted by Crippen LogP contribution is -2.35. The lowest BCUT2D eigenvalue weighted by Gasteiger charge is -2.21. The minimum absolute atomic E-state index is 0.0720. The molecule has 0 atom stereocenters. The number of aromatic hydroxyl groups is 1. The van der Waals surface area contributed by atoms with E-state index >= 15 is 0 Å². The monoisotopic (exact) mass is 373 g/mol. The molecule has 0 saturated heterocycles. The zero-order valence-electron chi connectivity index (χ0n) is 11.0. The van der Waals surface area contributed by atoms with Crippen LogP contribution in [0.4, 0.5) is 0 Å². The van der Waals surface area contributed by atoms with E-state index in [9.17, 15) is 9.90 Å². The first-order valence-electron chi connectivity index (χ1n) is 6.96. The molecule has 0 aliphatic heterocycles. The fourth-order valence-corrected chi connectivity index (χ4v) is 2.86. The first-order chi connectivity index (χ1) is 9.16. The van der Waals surface area contributed by atoms with Gasteiger partial charge in [0.15, 0.2) is 0 Å². The van der Waals surface area contributed by atoms with E-state index in [0.717, 1.165) is 16.4 Å². The van der Waals surface area contributed by atoms with Crippen LogP contribution < -0.4 is 5.32 Å². The zero-order valence-corrected chi connectivity index (χ0v) is 13.2. The number of phenols is 1. The summed E-state index contributed by atoms with van der Waals surface area (Å²) in [4.78, 5) is 12.1. The van der Waals surface area contributed by atoms with Crippen LogP contribution in [0.3, 0.4) is 0 Å². The van der Waals surface area contributed by atoms with E-state index in [2.05, 4.69) is 5.32 Å². The van der Waals surface area contributed by atoms with Crippen molar-refractivity contribution in [1.29, 1.82) is 0 Å². The Labute approximate surface area is 127 Å². The lowest BCUT2D eigenvalue weighted by molar-refractivity contribution is 0.0930. The Balaban J connectivity index is 1.96. The molecule has 1 aliphatic carbocycles. The largest absolute Gasteiger partial charge is 0.507 e. The van der Waals surface area contributed by atoms with Crippen LogP contribution in [-0.4, -0.2) is 17.1 Å². The highest BCUT2D eigenvalue weighted by Gasteiger charge is 2.15. The first kappa shape index (κ1) is 14.6. The average molecular weight is 373 g/mol. The number of carbonyl (C=O) groups is 1. The van der Waals surface area contributed by atoms with Gasteiger partial charge in [0.1, 0.15) is 5.75 Å². The van der Waals surface area contributed by atoms with Crippen molar-refractivity contribution in [3.8, 4) is 5.75 Å². The molecule has 0 unspecified atom stereocenters. The molecule has 2 N–H and O–H groups in total. The molecule has 4 heteroatoms. The minimum Gasteiger partial charge on any atom is -0.507 e. The van der Waals surface area contributed by atoms with Gasteiger partial charge < -0.3 is 10.4 Å². The summed E-state index contributed by atoms with van der Waals surface area (Å²) in [6.45, 7) is 0. The highest BCUT2D eigenvalue weighted by Crippen LogP contribution is 2.21. The molecule has 104 valence electrons. The number of carbonyl (C=O) groups excluding carboxylic acids is 1. The number of nitrogens with one attached hydrogen (secondary N) is 1. The van der Waals surface area contributed by atoms with Gasteiger partial charge in [-0.3, -0.25) is 4.79 Å². The Hall–Kier alpha value is -0.780. The van der Waals surface area contributed by atoms with E-state index < -0.39 is 0 Å². The van der Waals surface area contributed by atoms with Crippen LogP contribution in [0.2, 0.25) is 0 Å². The van der Waals surface area contributed by atoms with Crippen LogP contribution in [0.1, 0.15) is 55.3 Å². The third-order valence-corrected chi connectivity index (χ3v) is 4.56. The molecule has 3 nitrogen and oxygen atoms in total. The van der Waals surface area contributed by atoms with Crippen LogP contribution >= 0.6 is 22.6 Å². The van der Waals surface area contributed by atoms with Gasteiger partial charge in [-0.2, -0.15) is 0 Å². The average Bonchev–Trinajstić information content (AvgIpc) is 2.35. The van der Waals surface area contributed by atoms with Crippen molar-refractivity contribution in [3.05, 3.63) is 27.3 Å². The maximum Gasteiger partial charge on any atom is 0.251 e. The summed E-state index contributed by atoms with van der Waals surface area (Å²) >= 11 is 2.05. The maximum absolute atomic E-state index is 12.1. The van der Waals surface area contributed by atoms with Gasteiger partial charge in [-0.15, -0.1) is 0 Å². The van der Waals surface area contributed by atoms with Crippen LogP contribution in [0.15, 0.2) is 18.2 Å². The van der Waals surface area contributed by atoms with E-state index in [1.54, 1.807) is 18.2 Å². The minimum atomic E-state index is -0.0720. The van der Waals surface area contributed by atoms with Gasteiger partial charge in [0.2, 0.25) is 0 Å². The standard InChI is InChI=1S/C15H20INO2/c16-13-9-8-11(10-14(13)18)15(19)17-12-6-4-2-1-3-5-7-12/h8-10,12,18H,1-7H2,(H,17,19). The number of halogens is 1. The molecular weight excluding hydrogens is 353 g/mol. The Kier molecular flexibility index (Phi) is 5.48. The van der Waals surface area contributed by atoms with Gasteiger partial charge in [0, 0.05) is 11.6 Å². The summed E-state index contributed by atoms with van der Waals surface area (Å²) in [5.74, 6) is 0.100. The van der Waals surface area contributed by atoms with Crippen molar-refractivity contribution >= 4 is 28.5 Å². The quantitative estimate of drug-likeness (QED) is 0.774. The molecule has 0 bridgehead atoms. The Morgan fingerprint density at radius 2 is 1.79 bits per heavy atom. The summed E-state index contributed by atoms with van der Waals surface area (Å²) in [6, 6.07) is 5.36. The van der Waals surface area contributed by atoms with Gasteiger partial charge >= 0.3 is 0 Å². The summed E-state index contributed by atoms with van der Waals surface area (Å²) in [5.41, 5.74) is 0.542. The molecule has 0 aromatic heterocycles.